The molecule has 0 aliphatic carbocycles. The van der Waals surface area contributed by atoms with Gasteiger partial charge in [-0.1, -0.05) is 18.2 Å². The summed E-state index contributed by atoms with van der Waals surface area (Å²) >= 11 is 0. The Labute approximate surface area is 134 Å². The van der Waals surface area contributed by atoms with Crippen molar-refractivity contribution in [2.45, 2.75) is 29.3 Å². The van der Waals surface area contributed by atoms with Crippen LogP contribution in [0.2, 0.25) is 0 Å². The molecule has 0 aliphatic rings. The second-order valence-electron chi connectivity index (χ2n) is 4.64. The summed E-state index contributed by atoms with van der Waals surface area (Å²) in [7, 11) is -2.43. The van der Waals surface area contributed by atoms with Gasteiger partial charge in [0.15, 0.2) is 0 Å². The lowest BCUT2D eigenvalue weighted by atomic mass is 10.0. The summed E-state index contributed by atoms with van der Waals surface area (Å²) in [4.78, 5) is -0.0741. The van der Waals surface area contributed by atoms with Gasteiger partial charge < -0.3 is 30.8 Å². The van der Waals surface area contributed by atoms with E-state index in [1.165, 1.54) is 12.1 Å². The van der Waals surface area contributed by atoms with E-state index >= 15 is 0 Å². The predicted molar refractivity (Wildman–Crippen MR) is 81.3 cm³/mol. The van der Waals surface area contributed by atoms with Gasteiger partial charge in [-0.15, -0.1) is 0 Å². The Hall–Kier alpha value is -1.11. The van der Waals surface area contributed by atoms with Crippen LogP contribution in [-0.2, 0) is 10.1 Å². The van der Waals surface area contributed by atoms with Crippen LogP contribution in [0.4, 0.5) is 0 Å². The van der Waals surface area contributed by atoms with Gasteiger partial charge in [-0.2, -0.15) is 8.42 Å². The molecular weight excluding hydrogens is 330 g/mol. The third-order valence-corrected chi connectivity index (χ3v) is 3.65. The van der Waals surface area contributed by atoms with E-state index in [2.05, 4.69) is 5.32 Å². The lowest BCUT2D eigenvalue weighted by molar-refractivity contribution is -0.113. The third kappa shape index (κ3) is 8.34. The molecule has 0 saturated carbocycles. The Balaban J connectivity index is 0.000000433. The molecule has 10 heteroatoms. The Morgan fingerprint density at radius 1 is 1.00 bits per heavy atom. The summed E-state index contributed by atoms with van der Waals surface area (Å²) in [6.45, 7) is -0.569. The van der Waals surface area contributed by atoms with E-state index in [0.717, 1.165) is 0 Å². The summed E-state index contributed by atoms with van der Waals surface area (Å²) in [5, 5.41) is 47.5. The van der Waals surface area contributed by atoms with Crippen molar-refractivity contribution in [2.24, 2.45) is 0 Å². The van der Waals surface area contributed by atoms with Crippen molar-refractivity contribution < 1.29 is 38.5 Å². The number of rotatable bonds is 7. The maximum atomic E-state index is 10.4. The highest BCUT2D eigenvalue weighted by molar-refractivity contribution is 7.85. The summed E-state index contributed by atoms with van der Waals surface area (Å²) in [5.41, 5.74) is 0. The topological polar surface area (TPSA) is 168 Å². The third-order valence-electron chi connectivity index (χ3n) is 2.78. The quantitative estimate of drug-likeness (QED) is 0.264. The van der Waals surface area contributed by atoms with Gasteiger partial charge in [0.05, 0.1) is 17.6 Å². The average molecular weight is 353 g/mol. The molecule has 0 aliphatic heterocycles. The molecule has 0 amide bonds. The van der Waals surface area contributed by atoms with Crippen LogP contribution in [0.3, 0.4) is 0 Å². The van der Waals surface area contributed by atoms with Gasteiger partial charge in [-0.05, 0) is 19.2 Å². The van der Waals surface area contributed by atoms with Gasteiger partial charge in [0.2, 0.25) is 0 Å². The van der Waals surface area contributed by atoms with Crippen LogP contribution in [0.25, 0.3) is 0 Å². The zero-order valence-electron chi connectivity index (χ0n) is 12.5. The molecule has 9 nitrogen and oxygen atoms in total. The Morgan fingerprint density at radius 3 is 1.83 bits per heavy atom. The van der Waals surface area contributed by atoms with Crippen molar-refractivity contribution in [3.05, 3.63) is 30.3 Å². The zero-order valence-corrected chi connectivity index (χ0v) is 13.3. The molecule has 1 aromatic carbocycles. The maximum absolute atomic E-state index is 10.4. The van der Waals surface area contributed by atoms with Crippen molar-refractivity contribution in [3.8, 4) is 0 Å². The van der Waals surface area contributed by atoms with Gasteiger partial charge in [0.25, 0.3) is 10.1 Å². The van der Waals surface area contributed by atoms with E-state index in [9.17, 15) is 13.5 Å². The fourth-order valence-corrected chi connectivity index (χ4v) is 1.99. The van der Waals surface area contributed by atoms with Gasteiger partial charge in [0.1, 0.15) is 18.3 Å². The number of likely N-dealkylation sites (N-methyl/N-ethyl adjacent to an activating group) is 1. The minimum Gasteiger partial charge on any atom is -0.394 e. The fraction of sp³-hybridized carbons (Fsp3) is 0.538. The molecule has 0 aromatic heterocycles. The summed E-state index contributed by atoms with van der Waals surface area (Å²) < 4.78 is 29.2. The minimum atomic E-state index is -4.00. The second kappa shape index (κ2) is 10.6. The maximum Gasteiger partial charge on any atom is 0.294 e. The van der Waals surface area contributed by atoms with Crippen molar-refractivity contribution in [2.75, 3.05) is 20.2 Å². The molecule has 0 heterocycles. The van der Waals surface area contributed by atoms with Crippen molar-refractivity contribution in [3.63, 3.8) is 0 Å². The highest BCUT2D eigenvalue weighted by Crippen LogP contribution is 2.05. The van der Waals surface area contributed by atoms with E-state index in [4.69, 9.17) is 25.0 Å². The molecule has 0 spiro atoms. The van der Waals surface area contributed by atoms with Gasteiger partial charge in [-0.3, -0.25) is 4.55 Å². The highest BCUT2D eigenvalue weighted by atomic mass is 32.2. The molecule has 0 bridgehead atoms. The molecule has 7 N–H and O–H groups in total. The fourth-order valence-electron chi connectivity index (χ4n) is 1.49. The van der Waals surface area contributed by atoms with Crippen LogP contribution in [0.15, 0.2) is 35.2 Å². The number of benzene rings is 1. The molecular formula is C13H23NO8S. The van der Waals surface area contributed by atoms with Gasteiger partial charge >= 0.3 is 0 Å². The SMILES string of the molecule is CNCC(O)C(O)C(O)C(O)CO.O=S(=O)(O)c1ccccc1. The summed E-state index contributed by atoms with van der Waals surface area (Å²) in [5.74, 6) is 0. The van der Waals surface area contributed by atoms with Crippen molar-refractivity contribution in [1.82, 2.24) is 5.32 Å². The van der Waals surface area contributed by atoms with Crippen LogP contribution in [-0.4, -0.2) is 83.1 Å². The van der Waals surface area contributed by atoms with E-state index in [-0.39, 0.29) is 11.4 Å². The first kappa shape index (κ1) is 21.9. The molecule has 0 saturated heterocycles. The molecule has 134 valence electrons. The highest BCUT2D eigenvalue weighted by Gasteiger charge is 2.29. The van der Waals surface area contributed by atoms with Crippen molar-refractivity contribution >= 4 is 10.1 Å². The number of hydrogen-bond acceptors (Lipinski definition) is 8. The van der Waals surface area contributed by atoms with E-state index in [1.807, 2.05) is 0 Å². The lowest BCUT2D eigenvalue weighted by Gasteiger charge is -2.25. The number of aliphatic hydroxyl groups is 5. The smallest absolute Gasteiger partial charge is 0.294 e. The second-order valence-corrected chi connectivity index (χ2v) is 6.07. The monoisotopic (exact) mass is 353 g/mol. The first-order valence-corrected chi connectivity index (χ1v) is 8.09. The average Bonchev–Trinajstić information content (AvgIpc) is 2.53. The van der Waals surface area contributed by atoms with Gasteiger partial charge in [-0.25, -0.2) is 0 Å². The largest absolute Gasteiger partial charge is 0.394 e. The molecule has 4 unspecified atom stereocenters. The lowest BCUT2D eigenvalue weighted by Crippen LogP contribution is -2.48. The zero-order chi connectivity index (χ0) is 18.0. The van der Waals surface area contributed by atoms with Crippen LogP contribution in [0.5, 0.6) is 0 Å². The minimum absolute atomic E-state index is 0.0741. The van der Waals surface area contributed by atoms with Crippen LogP contribution >= 0.6 is 0 Å². The van der Waals surface area contributed by atoms with E-state index in [0.29, 0.717) is 0 Å². The standard InChI is InChI=1S/C7H17NO5.C6H6O3S/c1-8-2-4(10)6(12)7(13)5(11)3-9;7-10(8,9)6-4-2-1-3-5-6/h4-13H,2-3H2,1H3;1-5H,(H,7,8,9). The van der Waals surface area contributed by atoms with E-state index in [1.54, 1.807) is 25.2 Å². The number of nitrogens with one attached hydrogen (secondary N) is 1. The van der Waals surface area contributed by atoms with Crippen LogP contribution in [0, 0.1) is 0 Å². The molecule has 23 heavy (non-hydrogen) atoms. The van der Waals surface area contributed by atoms with E-state index < -0.39 is 41.1 Å². The van der Waals surface area contributed by atoms with Crippen LogP contribution < -0.4 is 5.32 Å². The Kier molecular flexibility index (Phi) is 10.1. The van der Waals surface area contributed by atoms with Crippen molar-refractivity contribution in [1.29, 1.82) is 0 Å². The van der Waals surface area contributed by atoms with Gasteiger partial charge in [0, 0.05) is 6.54 Å². The molecule has 0 radical (unpaired) electrons. The molecule has 1 aromatic rings. The molecule has 1 rings (SSSR count). The number of hydrogen-bond donors (Lipinski definition) is 7. The predicted octanol–water partition coefficient (Wildman–Crippen LogP) is -2.42. The number of aliphatic hydroxyl groups excluding tert-OH is 5. The normalized spacial score (nSPS) is 16.7. The Morgan fingerprint density at radius 2 is 1.48 bits per heavy atom. The van der Waals surface area contributed by atoms with Crippen LogP contribution in [0.1, 0.15) is 0 Å². The summed E-state index contributed by atoms with van der Waals surface area (Å²) in [6, 6.07) is 7.42. The summed E-state index contributed by atoms with van der Waals surface area (Å²) in [6.07, 6.45) is -5.65. The molecule has 0 fully saturated rings. The first-order valence-electron chi connectivity index (χ1n) is 6.65. The molecule has 4 atom stereocenters. The Bertz CT molecular complexity index is 524. The first-order chi connectivity index (χ1) is 10.6.